The number of ether oxygens (including phenoxy) is 1. The summed E-state index contributed by atoms with van der Waals surface area (Å²) in [5, 5.41) is 3.34. The third kappa shape index (κ3) is 2.48. The van der Waals surface area contributed by atoms with E-state index in [4.69, 9.17) is 4.74 Å². The molecule has 104 valence electrons. The number of ketones is 1. The lowest BCUT2D eigenvalue weighted by molar-refractivity contribution is -0.139. The molecule has 2 fully saturated rings. The second kappa shape index (κ2) is 4.31. The highest BCUT2D eigenvalue weighted by atomic mass is 16.5. The molecule has 0 radical (unpaired) electrons. The normalized spacial score (nSPS) is 33.3. The van der Waals surface area contributed by atoms with Crippen molar-refractivity contribution in [1.29, 1.82) is 0 Å². The van der Waals surface area contributed by atoms with Crippen LogP contribution in [0.3, 0.4) is 0 Å². The summed E-state index contributed by atoms with van der Waals surface area (Å²) >= 11 is 0. The van der Waals surface area contributed by atoms with Crippen molar-refractivity contribution in [1.82, 2.24) is 5.32 Å². The quantitative estimate of drug-likeness (QED) is 0.822. The first-order valence-corrected chi connectivity index (χ1v) is 7.12. The monoisotopic (exact) mass is 253 g/mol. The molecule has 1 N–H and O–H groups in total. The number of carbonyl (C=O) groups is 1. The van der Waals surface area contributed by atoms with Gasteiger partial charge in [-0.25, -0.2) is 0 Å². The third-order valence-electron chi connectivity index (χ3n) is 4.69. The second-order valence-corrected chi connectivity index (χ2v) is 7.40. The average Bonchev–Trinajstić information content (AvgIpc) is 2.46. The third-order valence-corrected chi connectivity index (χ3v) is 4.69. The van der Waals surface area contributed by atoms with Gasteiger partial charge in [0.15, 0.2) is 0 Å². The van der Waals surface area contributed by atoms with E-state index >= 15 is 0 Å². The number of rotatable bonds is 2. The van der Waals surface area contributed by atoms with Gasteiger partial charge in [0.1, 0.15) is 5.78 Å². The summed E-state index contributed by atoms with van der Waals surface area (Å²) < 4.78 is 6.07. The molecule has 2 aliphatic heterocycles. The van der Waals surface area contributed by atoms with Crippen LogP contribution in [0.2, 0.25) is 0 Å². The minimum atomic E-state index is -0.325. The molecule has 18 heavy (non-hydrogen) atoms. The molecule has 2 heterocycles. The van der Waals surface area contributed by atoms with Crippen LogP contribution in [0.4, 0.5) is 0 Å². The fraction of sp³-hybridized carbons (Fsp3) is 0.933. The van der Waals surface area contributed by atoms with Gasteiger partial charge in [-0.3, -0.25) is 4.79 Å². The summed E-state index contributed by atoms with van der Waals surface area (Å²) in [6, 6.07) is 0. The van der Waals surface area contributed by atoms with Crippen LogP contribution >= 0.6 is 0 Å². The van der Waals surface area contributed by atoms with Gasteiger partial charge in [-0.2, -0.15) is 0 Å². The molecule has 2 saturated heterocycles. The van der Waals surface area contributed by atoms with Crippen molar-refractivity contribution < 1.29 is 9.53 Å². The molecule has 0 aliphatic carbocycles. The predicted octanol–water partition coefficient (Wildman–Crippen LogP) is 2.54. The molecular weight excluding hydrogens is 226 g/mol. The van der Waals surface area contributed by atoms with Crippen molar-refractivity contribution in [3.05, 3.63) is 0 Å². The van der Waals surface area contributed by atoms with Crippen LogP contribution in [-0.4, -0.2) is 30.1 Å². The van der Waals surface area contributed by atoms with Gasteiger partial charge in [0.05, 0.1) is 11.2 Å². The Morgan fingerprint density at radius 2 is 1.67 bits per heavy atom. The average molecular weight is 253 g/mol. The van der Waals surface area contributed by atoms with Gasteiger partial charge in [-0.05, 0) is 60.0 Å². The maximum Gasteiger partial charge on any atom is 0.144 e. The van der Waals surface area contributed by atoms with Gasteiger partial charge in [-0.15, -0.1) is 0 Å². The molecule has 0 aromatic heterocycles. The number of piperidine rings is 1. The Hall–Kier alpha value is -0.410. The van der Waals surface area contributed by atoms with Gasteiger partial charge in [0.25, 0.3) is 0 Å². The van der Waals surface area contributed by atoms with E-state index in [0.717, 1.165) is 32.4 Å². The molecular formula is C15H27NO2. The maximum absolute atomic E-state index is 12.9. The summed E-state index contributed by atoms with van der Waals surface area (Å²) in [4.78, 5) is 12.9. The predicted molar refractivity (Wildman–Crippen MR) is 72.6 cm³/mol. The number of carbonyl (C=O) groups excluding carboxylic acids is 1. The Labute approximate surface area is 111 Å². The molecule has 2 rings (SSSR count). The smallest absolute Gasteiger partial charge is 0.144 e. The zero-order valence-electron chi connectivity index (χ0n) is 12.4. The van der Waals surface area contributed by atoms with E-state index < -0.39 is 0 Å². The standard InChI is InChI=1S/C15H27NO2/c1-13(2)10-11(14(3,4)18-13)12(17)15(5)6-8-16-9-7-15/h11,16H,6-10H2,1-5H3. The van der Waals surface area contributed by atoms with Crippen LogP contribution in [0.5, 0.6) is 0 Å². The minimum absolute atomic E-state index is 0.0376. The highest BCUT2D eigenvalue weighted by Crippen LogP contribution is 2.46. The van der Waals surface area contributed by atoms with Crippen LogP contribution in [-0.2, 0) is 9.53 Å². The molecule has 3 nitrogen and oxygen atoms in total. The summed E-state index contributed by atoms with van der Waals surface area (Å²) in [5.74, 6) is 0.454. The van der Waals surface area contributed by atoms with Crippen LogP contribution in [0.25, 0.3) is 0 Å². The lowest BCUT2D eigenvalue weighted by atomic mass is 9.68. The minimum Gasteiger partial charge on any atom is -0.369 e. The largest absolute Gasteiger partial charge is 0.369 e. The Bertz CT molecular complexity index is 340. The lowest BCUT2D eigenvalue weighted by Gasteiger charge is -2.37. The molecule has 0 spiro atoms. The summed E-state index contributed by atoms with van der Waals surface area (Å²) in [5.41, 5.74) is -0.654. The molecule has 1 unspecified atom stereocenters. The van der Waals surface area contributed by atoms with E-state index in [1.807, 2.05) is 0 Å². The topological polar surface area (TPSA) is 38.3 Å². The summed E-state index contributed by atoms with van der Waals surface area (Å²) in [7, 11) is 0. The van der Waals surface area contributed by atoms with Crippen molar-refractivity contribution in [2.45, 2.75) is 65.1 Å². The maximum atomic E-state index is 12.9. The first kappa shape index (κ1) is 14.0. The summed E-state index contributed by atoms with van der Waals surface area (Å²) in [6.45, 7) is 12.4. The van der Waals surface area contributed by atoms with Gasteiger partial charge in [-0.1, -0.05) is 6.92 Å². The Kier molecular flexibility index (Phi) is 3.35. The molecule has 3 heteroatoms. The molecule has 0 bridgehead atoms. The second-order valence-electron chi connectivity index (χ2n) is 7.40. The van der Waals surface area contributed by atoms with Crippen LogP contribution in [0.1, 0.15) is 53.9 Å². The van der Waals surface area contributed by atoms with Crippen molar-refractivity contribution >= 4 is 5.78 Å². The highest BCUT2D eigenvalue weighted by molar-refractivity contribution is 5.88. The van der Waals surface area contributed by atoms with Gasteiger partial charge in [0, 0.05) is 11.3 Å². The molecule has 0 amide bonds. The zero-order valence-corrected chi connectivity index (χ0v) is 12.4. The van der Waals surface area contributed by atoms with Crippen LogP contribution in [0.15, 0.2) is 0 Å². The molecule has 0 saturated carbocycles. The first-order valence-electron chi connectivity index (χ1n) is 7.12. The molecule has 1 atom stereocenters. The molecule has 0 aromatic carbocycles. The molecule has 2 aliphatic rings. The number of Topliss-reactive ketones (excluding diaryl/α,β-unsaturated/α-hetero) is 1. The number of hydrogen-bond donors (Lipinski definition) is 1. The van der Waals surface area contributed by atoms with Gasteiger partial charge in [0.2, 0.25) is 0 Å². The van der Waals surface area contributed by atoms with E-state index in [0.29, 0.717) is 5.78 Å². The molecule has 0 aromatic rings. The Morgan fingerprint density at radius 3 is 2.11 bits per heavy atom. The fourth-order valence-corrected chi connectivity index (χ4v) is 3.62. The fourth-order valence-electron chi connectivity index (χ4n) is 3.62. The van der Waals surface area contributed by atoms with Crippen molar-refractivity contribution in [3.8, 4) is 0 Å². The van der Waals surface area contributed by atoms with Crippen molar-refractivity contribution in [2.75, 3.05) is 13.1 Å². The SMILES string of the molecule is CC1(C)CC(C(=O)C2(C)CCNCC2)C(C)(C)O1. The van der Waals surface area contributed by atoms with Gasteiger partial charge >= 0.3 is 0 Å². The zero-order chi connectivity index (χ0) is 13.6. The number of hydrogen-bond acceptors (Lipinski definition) is 3. The van der Waals surface area contributed by atoms with E-state index in [1.165, 1.54) is 0 Å². The highest BCUT2D eigenvalue weighted by Gasteiger charge is 2.53. The van der Waals surface area contributed by atoms with Crippen LogP contribution < -0.4 is 5.32 Å². The van der Waals surface area contributed by atoms with E-state index in [1.54, 1.807) is 0 Å². The first-order chi connectivity index (χ1) is 8.16. The van der Waals surface area contributed by atoms with Crippen molar-refractivity contribution in [3.63, 3.8) is 0 Å². The van der Waals surface area contributed by atoms with E-state index in [9.17, 15) is 4.79 Å². The Balaban J connectivity index is 2.18. The number of nitrogens with one attached hydrogen (secondary N) is 1. The van der Waals surface area contributed by atoms with E-state index in [-0.39, 0.29) is 22.5 Å². The van der Waals surface area contributed by atoms with Gasteiger partial charge < -0.3 is 10.1 Å². The lowest BCUT2D eigenvalue weighted by Crippen LogP contribution is -2.46. The Morgan fingerprint density at radius 1 is 1.11 bits per heavy atom. The van der Waals surface area contributed by atoms with Crippen LogP contribution in [0, 0.1) is 11.3 Å². The van der Waals surface area contributed by atoms with E-state index in [2.05, 4.69) is 39.9 Å². The van der Waals surface area contributed by atoms with Crippen molar-refractivity contribution in [2.24, 2.45) is 11.3 Å². The summed E-state index contributed by atoms with van der Waals surface area (Å²) in [6.07, 6.45) is 2.76.